The summed E-state index contributed by atoms with van der Waals surface area (Å²) in [6, 6.07) is 18.6. The number of pyridine rings is 1. The summed E-state index contributed by atoms with van der Waals surface area (Å²) in [5, 5.41) is 0. The van der Waals surface area contributed by atoms with Crippen molar-refractivity contribution in [2.75, 3.05) is 4.72 Å². The molecule has 29 heavy (non-hydrogen) atoms. The van der Waals surface area contributed by atoms with Crippen LogP contribution < -0.4 is 4.72 Å². The molecule has 1 heterocycles. The van der Waals surface area contributed by atoms with Crippen LogP contribution >= 0.6 is 0 Å². The van der Waals surface area contributed by atoms with E-state index in [9.17, 15) is 8.42 Å². The lowest BCUT2D eigenvalue weighted by atomic mass is 10.1. The Labute approximate surface area is 174 Å². The minimum absolute atomic E-state index is 0.288. The average molecular weight is 409 g/mol. The fourth-order valence-electron chi connectivity index (χ4n) is 3.23. The predicted molar refractivity (Wildman–Crippen MR) is 119 cm³/mol. The summed E-state index contributed by atoms with van der Waals surface area (Å²) in [6.07, 6.45) is 10.1. The summed E-state index contributed by atoms with van der Waals surface area (Å²) in [7, 11) is -3.59. The highest BCUT2D eigenvalue weighted by molar-refractivity contribution is 7.92. The molecule has 1 N–H and O–H groups in total. The molecule has 0 saturated heterocycles. The van der Waals surface area contributed by atoms with E-state index in [1.807, 2.05) is 36.4 Å². The van der Waals surface area contributed by atoms with Gasteiger partial charge in [0, 0.05) is 18.1 Å². The van der Waals surface area contributed by atoms with Gasteiger partial charge < -0.3 is 0 Å². The van der Waals surface area contributed by atoms with Gasteiger partial charge in [-0.3, -0.25) is 9.71 Å². The van der Waals surface area contributed by atoms with Gasteiger partial charge in [-0.15, -0.1) is 0 Å². The molecule has 0 atom stereocenters. The second-order valence-electron chi connectivity index (χ2n) is 7.29. The van der Waals surface area contributed by atoms with E-state index < -0.39 is 10.0 Å². The number of sulfonamides is 1. The van der Waals surface area contributed by atoms with E-state index in [0.29, 0.717) is 5.69 Å². The fourth-order valence-corrected chi connectivity index (χ4v) is 4.29. The number of anilines is 1. The van der Waals surface area contributed by atoms with E-state index >= 15 is 0 Å². The highest BCUT2D eigenvalue weighted by Gasteiger charge is 2.14. The standard InChI is InChI=1S/C24H28N2O2S/c1-2-3-4-5-6-20-9-13-24(14-10-20)29(27,28)26-23-11-7-21(8-12-23)19-22-15-17-25-18-16-22/h7-18,26H,2-6,19H2,1H3. The molecule has 0 radical (unpaired) electrons. The number of hydrogen-bond acceptors (Lipinski definition) is 3. The molecule has 1 aromatic heterocycles. The van der Waals surface area contributed by atoms with Crippen molar-refractivity contribution in [3.63, 3.8) is 0 Å². The lowest BCUT2D eigenvalue weighted by Gasteiger charge is -2.10. The molecule has 0 aliphatic rings. The van der Waals surface area contributed by atoms with Crippen molar-refractivity contribution in [1.82, 2.24) is 4.98 Å². The Kier molecular flexibility index (Phi) is 7.42. The SMILES string of the molecule is CCCCCCc1ccc(S(=O)(=O)Nc2ccc(Cc3ccncc3)cc2)cc1. The number of unbranched alkanes of at least 4 members (excludes halogenated alkanes) is 3. The fraction of sp³-hybridized carbons (Fsp3) is 0.292. The third-order valence-corrected chi connectivity index (χ3v) is 6.31. The van der Waals surface area contributed by atoms with Crippen molar-refractivity contribution in [2.45, 2.75) is 50.3 Å². The zero-order valence-electron chi connectivity index (χ0n) is 16.8. The van der Waals surface area contributed by atoms with Crippen molar-refractivity contribution in [3.8, 4) is 0 Å². The maximum absolute atomic E-state index is 12.7. The zero-order valence-corrected chi connectivity index (χ0v) is 17.7. The minimum atomic E-state index is -3.59. The molecule has 0 aliphatic carbocycles. The van der Waals surface area contributed by atoms with Crippen LogP contribution in [0.3, 0.4) is 0 Å². The summed E-state index contributed by atoms with van der Waals surface area (Å²) in [6.45, 7) is 2.20. The summed E-state index contributed by atoms with van der Waals surface area (Å²) in [4.78, 5) is 4.31. The first-order valence-electron chi connectivity index (χ1n) is 10.2. The van der Waals surface area contributed by atoms with Crippen LogP contribution in [-0.4, -0.2) is 13.4 Å². The van der Waals surface area contributed by atoms with Crippen molar-refractivity contribution < 1.29 is 8.42 Å². The molecule has 2 aromatic carbocycles. The van der Waals surface area contributed by atoms with Gasteiger partial charge in [0.15, 0.2) is 0 Å². The molecular weight excluding hydrogens is 380 g/mol. The molecule has 0 aliphatic heterocycles. The summed E-state index contributed by atoms with van der Waals surface area (Å²) >= 11 is 0. The Hall–Kier alpha value is -2.66. The lowest BCUT2D eigenvalue weighted by Crippen LogP contribution is -2.13. The second-order valence-corrected chi connectivity index (χ2v) is 8.97. The number of nitrogens with zero attached hydrogens (tertiary/aromatic N) is 1. The number of aryl methyl sites for hydroxylation is 1. The zero-order chi connectivity index (χ0) is 20.5. The Morgan fingerprint density at radius 3 is 2.03 bits per heavy atom. The summed E-state index contributed by atoms with van der Waals surface area (Å²) in [5.74, 6) is 0. The van der Waals surface area contributed by atoms with E-state index in [1.54, 1.807) is 36.7 Å². The number of hydrogen-bond donors (Lipinski definition) is 1. The third-order valence-electron chi connectivity index (χ3n) is 4.92. The van der Waals surface area contributed by atoms with Crippen LogP contribution in [0.15, 0.2) is 78.0 Å². The number of aromatic nitrogens is 1. The number of nitrogens with one attached hydrogen (secondary N) is 1. The highest BCUT2D eigenvalue weighted by Crippen LogP contribution is 2.19. The third kappa shape index (κ3) is 6.43. The van der Waals surface area contributed by atoms with Gasteiger partial charge in [-0.1, -0.05) is 50.5 Å². The predicted octanol–water partition coefficient (Wildman–Crippen LogP) is 5.60. The first kappa shape index (κ1) is 21.1. The second kappa shape index (κ2) is 10.2. The maximum atomic E-state index is 12.7. The van der Waals surface area contributed by atoms with Gasteiger partial charge in [0.2, 0.25) is 0 Å². The van der Waals surface area contributed by atoms with Gasteiger partial charge in [0.25, 0.3) is 10.0 Å². The van der Waals surface area contributed by atoms with Gasteiger partial charge in [-0.05, 0) is 72.4 Å². The Bertz CT molecular complexity index is 983. The molecule has 0 bridgehead atoms. The van der Waals surface area contributed by atoms with Crippen LogP contribution in [0, 0.1) is 0 Å². The first-order chi connectivity index (χ1) is 14.1. The van der Waals surface area contributed by atoms with E-state index in [2.05, 4.69) is 16.6 Å². The molecule has 4 nitrogen and oxygen atoms in total. The average Bonchev–Trinajstić information content (AvgIpc) is 2.74. The van der Waals surface area contributed by atoms with E-state index in [4.69, 9.17) is 0 Å². The molecule has 5 heteroatoms. The molecule has 0 unspecified atom stereocenters. The largest absolute Gasteiger partial charge is 0.280 e. The van der Waals surface area contributed by atoms with Gasteiger partial charge in [0.1, 0.15) is 0 Å². The van der Waals surface area contributed by atoms with Crippen molar-refractivity contribution >= 4 is 15.7 Å². The van der Waals surface area contributed by atoms with Crippen LogP contribution in [0.5, 0.6) is 0 Å². The maximum Gasteiger partial charge on any atom is 0.261 e. The van der Waals surface area contributed by atoms with Crippen LogP contribution in [0.1, 0.15) is 49.3 Å². The smallest absolute Gasteiger partial charge is 0.261 e. The van der Waals surface area contributed by atoms with Crippen LogP contribution in [0.4, 0.5) is 5.69 Å². The number of benzene rings is 2. The first-order valence-corrected chi connectivity index (χ1v) is 11.6. The highest BCUT2D eigenvalue weighted by atomic mass is 32.2. The molecule has 0 spiro atoms. The van der Waals surface area contributed by atoms with Gasteiger partial charge >= 0.3 is 0 Å². The molecule has 0 saturated carbocycles. The van der Waals surface area contributed by atoms with Crippen molar-refractivity contribution in [2.24, 2.45) is 0 Å². The molecule has 152 valence electrons. The molecule has 0 fully saturated rings. The van der Waals surface area contributed by atoms with Crippen molar-refractivity contribution in [3.05, 3.63) is 89.7 Å². The lowest BCUT2D eigenvalue weighted by molar-refractivity contribution is 0.601. The van der Waals surface area contributed by atoms with E-state index in [0.717, 1.165) is 24.8 Å². The quantitative estimate of drug-likeness (QED) is 0.445. The number of rotatable bonds is 10. The van der Waals surface area contributed by atoms with Crippen LogP contribution in [0.25, 0.3) is 0 Å². The van der Waals surface area contributed by atoms with Crippen molar-refractivity contribution in [1.29, 1.82) is 0 Å². The van der Waals surface area contributed by atoms with E-state index in [-0.39, 0.29) is 4.90 Å². The summed E-state index contributed by atoms with van der Waals surface area (Å²) in [5.41, 5.74) is 4.03. The Morgan fingerprint density at radius 2 is 1.38 bits per heavy atom. The van der Waals surface area contributed by atoms with Gasteiger partial charge in [-0.25, -0.2) is 8.42 Å². The summed E-state index contributed by atoms with van der Waals surface area (Å²) < 4.78 is 28.0. The van der Waals surface area contributed by atoms with Gasteiger partial charge in [0.05, 0.1) is 4.90 Å². The molecule has 3 rings (SSSR count). The topological polar surface area (TPSA) is 59.1 Å². The van der Waals surface area contributed by atoms with Crippen LogP contribution in [0.2, 0.25) is 0 Å². The van der Waals surface area contributed by atoms with E-state index in [1.165, 1.54) is 30.4 Å². The molecule has 0 amide bonds. The van der Waals surface area contributed by atoms with Crippen LogP contribution in [-0.2, 0) is 22.9 Å². The molecule has 3 aromatic rings. The normalized spacial score (nSPS) is 11.3. The van der Waals surface area contributed by atoms with Gasteiger partial charge in [-0.2, -0.15) is 0 Å². The Balaban J connectivity index is 1.60. The molecular formula is C24H28N2O2S. The minimum Gasteiger partial charge on any atom is -0.280 e. The monoisotopic (exact) mass is 408 g/mol. The Morgan fingerprint density at radius 1 is 0.759 bits per heavy atom.